The molecule has 0 bridgehead atoms. The van der Waals surface area contributed by atoms with E-state index in [2.05, 4.69) is 22.8 Å². The summed E-state index contributed by atoms with van der Waals surface area (Å²) >= 11 is 1.76. The average Bonchev–Trinajstić information content (AvgIpc) is 2.87. The molecule has 2 N–H and O–H groups in total. The Hall–Kier alpha value is -0.460. The summed E-state index contributed by atoms with van der Waals surface area (Å²) in [7, 11) is 0. The first-order valence-corrected chi connectivity index (χ1v) is 7.27. The molecule has 1 aromatic heterocycles. The van der Waals surface area contributed by atoms with Crippen LogP contribution in [0.15, 0.2) is 17.5 Å². The van der Waals surface area contributed by atoms with E-state index in [1.807, 2.05) is 6.92 Å². The molecule has 0 saturated carbocycles. The topological polar surface area (TPSA) is 50.7 Å². The molecule has 0 spiro atoms. The molecular weight excluding hydrogens is 250 g/mol. The summed E-state index contributed by atoms with van der Waals surface area (Å²) < 4.78 is 10.4. The van der Waals surface area contributed by atoms with Crippen molar-refractivity contribution in [1.82, 2.24) is 5.32 Å². The van der Waals surface area contributed by atoms with Crippen molar-refractivity contribution in [3.8, 4) is 0 Å². The van der Waals surface area contributed by atoms with Crippen LogP contribution < -0.4 is 5.32 Å². The molecule has 0 aromatic carbocycles. The summed E-state index contributed by atoms with van der Waals surface area (Å²) in [5, 5.41) is 14.9. The molecule has 1 heterocycles. The van der Waals surface area contributed by atoms with Gasteiger partial charge in [0.25, 0.3) is 0 Å². The van der Waals surface area contributed by atoms with Crippen molar-refractivity contribution in [1.29, 1.82) is 0 Å². The highest BCUT2D eigenvalue weighted by Gasteiger charge is 2.03. The molecule has 0 saturated heterocycles. The molecular formula is C13H23NO3S. The number of hydrogen-bond donors (Lipinski definition) is 2. The summed E-state index contributed by atoms with van der Waals surface area (Å²) in [6.07, 6.45) is 0.560. The number of nitrogens with one attached hydrogen (secondary N) is 1. The lowest BCUT2D eigenvalue weighted by Gasteiger charge is -2.12. The van der Waals surface area contributed by atoms with Gasteiger partial charge >= 0.3 is 0 Å². The first-order valence-electron chi connectivity index (χ1n) is 6.39. The third kappa shape index (κ3) is 7.79. The third-order valence-corrected chi connectivity index (χ3v) is 3.33. The number of thiophene rings is 1. The predicted molar refractivity (Wildman–Crippen MR) is 74.2 cm³/mol. The van der Waals surface area contributed by atoms with Gasteiger partial charge in [0.05, 0.1) is 25.9 Å². The van der Waals surface area contributed by atoms with E-state index in [1.54, 1.807) is 11.3 Å². The zero-order valence-corrected chi connectivity index (χ0v) is 11.7. The molecule has 18 heavy (non-hydrogen) atoms. The van der Waals surface area contributed by atoms with Gasteiger partial charge in [-0.3, -0.25) is 0 Å². The van der Waals surface area contributed by atoms with Gasteiger partial charge in [-0.05, 0) is 24.8 Å². The Morgan fingerprint density at radius 3 is 2.94 bits per heavy atom. The van der Waals surface area contributed by atoms with E-state index in [1.165, 1.54) is 4.88 Å². The zero-order chi connectivity index (χ0) is 13.1. The summed E-state index contributed by atoms with van der Waals surface area (Å²) in [5.74, 6) is 0. The van der Waals surface area contributed by atoms with Crippen LogP contribution in [0.2, 0.25) is 0 Å². The fraction of sp³-hybridized carbons (Fsp3) is 0.692. The molecule has 0 aliphatic heterocycles. The molecule has 4 nitrogen and oxygen atoms in total. The van der Waals surface area contributed by atoms with Crippen molar-refractivity contribution < 1.29 is 14.6 Å². The van der Waals surface area contributed by atoms with E-state index in [0.717, 1.165) is 13.0 Å². The lowest BCUT2D eigenvalue weighted by Crippen LogP contribution is -2.31. The van der Waals surface area contributed by atoms with Crippen molar-refractivity contribution in [2.75, 3.05) is 39.5 Å². The fourth-order valence-corrected chi connectivity index (χ4v) is 2.18. The highest BCUT2D eigenvalue weighted by atomic mass is 32.1. The van der Waals surface area contributed by atoms with Crippen LogP contribution in [0.25, 0.3) is 0 Å². The third-order valence-electron chi connectivity index (χ3n) is 2.39. The Bertz CT molecular complexity index is 280. The monoisotopic (exact) mass is 273 g/mol. The molecule has 0 fully saturated rings. The minimum absolute atomic E-state index is 0.360. The molecule has 0 amide bonds. The summed E-state index contributed by atoms with van der Waals surface area (Å²) in [6.45, 7) is 5.60. The highest BCUT2D eigenvalue weighted by Crippen LogP contribution is 2.07. The lowest BCUT2D eigenvalue weighted by atomic mass is 10.3. The van der Waals surface area contributed by atoms with Gasteiger partial charge in [-0.1, -0.05) is 6.07 Å². The van der Waals surface area contributed by atoms with Gasteiger partial charge in [0, 0.05) is 24.6 Å². The molecule has 1 atom stereocenters. The Kier molecular flexibility index (Phi) is 9.06. The van der Waals surface area contributed by atoms with Gasteiger partial charge in [0.2, 0.25) is 0 Å². The normalized spacial score (nSPS) is 12.8. The van der Waals surface area contributed by atoms with Gasteiger partial charge in [-0.2, -0.15) is 0 Å². The molecule has 1 aromatic rings. The van der Waals surface area contributed by atoms with Crippen LogP contribution >= 0.6 is 11.3 Å². The van der Waals surface area contributed by atoms with Gasteiger partial charge in [-0.25, -0.2) is 0 Å². The van der Waals surface area contributed by atoms with Crippen molar-refractivity contribution in [2.45, 2.75) is 19.4 Å². The fourth-order valence-electron chi connectivity index (χ4n) is 1.48. The van der Waals surface area contributed by atoms with Crippen LogP contribution in [-0.4, -0.2) is 50.7 Å². The van der Waals surface area contributed by atoms with Crippen molar-refractivity contribution in [3.05, 3.63) is 22.4 Å². The van der Waals surface area contributed by atoms with Gasteiger partial charge in [0.1, 0.15) is 0 Å². The molecule has 0 radical (unpaired) electrons. The van der Waals surface area contributed by atoms with E-state index in [9.17, 15) is 5.11 Å². The second-order valence-corrected chi connectivity index (χ2v) is 4.99. The lowest BCUT2D eigenvalue weighted by molar-refractivity contribution is 0.00660. The Morgan fingerprint density at radius 1 is 1.39 bits per heavy atom. The van der Waals surface area contributed by atoms with Gasteiger partial charge in [0.15, 0.2) is 0 Å². The van der Waals surface area contributed by atoms with Crippen LogP contribution in [0.3, 0.4) is 0 Å². The second-order valence-electron chi connectivity index (χ2n) is 3.96. The number of hydrogen-bond acceptors (Lipinski definition) is 5. The molecule has 104 valence electrons. The number of aliphatic hydroxyl groups is 1. The SMILES string of the molecule is CCOCCOCC(O)CNCCc1cccs1. The highest BCUT2D eigenvalue weighted by molar-refractivity contribution is 7.09. The van der Waals surface area contributed by atoms with Gasteiger partial charge < -0.3 is 19.9 Å². The zero-order valence-electron chi connectivity index (χ0n) is 10.9. The van der Waals surface area contributed by atoms with Crippen LogP contribution in [0.4, 0.5) is 0 Å². The smallest absolute Gasteiger partial charge is 0.0897 e. The number of ether oxygens (including phenoxy) is 2. The average molecular weight is 273 g/mol. The maximum absolute atomic E-state index is 9.64. The van der Waals surface area contributed by atoms with Crippen LogP contribution in [0.5, 0.6) is 0 Å². The van der Waals surface area contributed by atoms with E-state index < -0.39 is 6.10 Å². The number of rotatable bonds is 11. The maximum atomic E-state index is 9.64. The first kappa shape index (κ1) is 15.6. The second kappa shape index (κ2) is 10.5. The predicted octanol–water partition coefficient (Wildman–Crippen LogP) is 1.29. The maximum Gasteiger partial charge on any atom is 0.0897 e. The standard InChI is InChI=1S/C13H23NO3S/c1-2-16-7-8-17-11-12(15)10-14-6-5-13-4-3-9-18-13/h3-4,9,12,14-15H,2,5-8,10-11H2,1H3. The van der Waals surface area contributed by atoms with Crippen molar-refractivity contribution >= 4 is 11.3 Å². The summed E-state index contributed by atoms with van der Waals surface area (Å²) in [4.78, 5) is 1.37. The Labute approximate surface area is 113 Å². The Balaban J connectivity index is 1.88. The largest absolute Gasteiger partial charge is 0.389 e. The molecule has 5 heteroatoms. The Morgan fingerprint density at radius 2 is 2.22 bits per heavy atom. The van der Waals surface area contributed by atoms with E-state index >= 15 is 0 Å². The van der Waals surface area contributed by atoms with E-state index in [-0.39, 0.29) is 0 Å². The van der Waals surface area contributed by atoms with Crippen molar-refractivity contribution in [3.63, 3.8) is 0 Å². The summed E-state index contributed by atoms with van der Waals surface area (Å²) in [6, 6.07) is 4.18. The first-order chi connectivity index (χ1) is 8.83. The molecule has 1 unspecified atom stereocenters. The number of aliphatic hydroxyl groups excluding tert-OH is 1. The molecule has 0 aliphatic rings. The molecule has 0 aliphatic carbocycles. The summed E-state index contributed by atoms with van der Waals surface area (Å²) in [5.41, 5.74) is 0. The van der Waals surface area contributed by atoms with Gasteiger partial charge in [-0.15, -0.1) is 11.3 Å². The minimum atomic E-state index is -0.449. The van der Waals surface area contributed by atoms with E-state index in [0.29, 0.717) is 33.0 Å². The van der Waals surface area contributed by atoms with Crippen molar-refractivity contribution in [2.24, 2.45) is 0 Å². The van der Waals surface area contributed by atoms with E-state index in [4.69, 9.17) is 9.47 Å². The van der Waals surface area contributed by atoms with Crippen LogP contribution in [0, 0.1) is 0 Å². The quantitative estimate of drug-likeness (QED) is 0.597. The minimum Gasteiger partial charge on any atom is -0.389 e. The van der Waals surface area contributed by atoms with Crippen LogP contribution in [-0.2, 0) is 15.9 Å². The molecule has 1 rings (SSSR count). The van der Waals surface area contributed by atoms with Crippen LogP contribution in [0.1, 0.15) is 11.8 Å².